The molecule has 0 aliphatic heterocycles. The molecule has 0 saturated heterocycles. The predicted octanol–water partition coefficient (Wildman–Crippen LogP) is 3.38. The third kappa shape index (κ3) is 4.12. The van der Waals surface area contributed by atoms with Gasteiger partial charge >= 0.3 is 0 Å². The van der Waals surface area contributed by atoms with E-state index in [2.05, 4.69) is 28.1 Å². The van der Waals surface area contributed by atoms with Crippen molar-refractivity contribution in [3.8, 4) is 0 Å². The summed E-state index contributed by atoms with van der Waals surface area (Å²) in [6, 6.07) is 10.2. The van der Waals surface area contributed by atoms with Gasteiger partial charge in [-0.2, -0.15) is 0 Å². The Hall–Kier alpha value is -0.0500. The summed E-state index contributed by atoms with van der Waals surface area (Å²) >= 11 is 9.04. The van der Waals surface area contributed by atoms with Crippen LogP contribution < -0.4 is 0 Å². The summed E-state index contributed by atoms with van der Waals surface area (Å²) in [5, 5.41) is 0. The van der Waals surface area contributed by atoms with E-state index in [1.54, 1.807) is 0 Å². The Labute approximate surface area is 92.2 Å². The molecule has 0 saturated carbocycles. The van der Waals surface area contributed by atoms with Gasteiger partial charge in [0.2, 0.25) is 0 Å². The summed E-state index contributed by atoms with van der Waals surface area (Å²) in [4.78, 5) is 0.261. The molecule has 0 radical (unpaired) electrons. The van der Waals surface area contributed by atoms with Gasteiger partial charge in [0.1, 0.15) is 0 Å². The van der Waals surface area contributed by atoms with Crippen molar-refractivity contribution in [1.82, 2.24) is 0 Å². The highest BCUT2D eigenvalue weighted by Crippen LogP contribution is 2.22. The molecule has 0 aromatic heterocycles. The summed E-state index contributed by atoms with van der Waals surface area (Å²) in [6.07, 6.45) is 0. The Kier molecular flexibility index (Phi) is 5.44. The lowest BCUT2D eigenvalue weighted by Crippen LogP contribution is -2.03. The summed E-state index contributed by atoms with van der Waals surface area (Å²) < 4.78 is 5.32. The molecule has 1 nitrogen and oxygen atoms in total. The molecule has 1 atom stereocenters. The first-order valence-corrected chi connectivity index (χ1v) is 5.62. The van der Waals surface area contributed by atoms with Crippen molar-refractivity contribution in [3.05, 3.63) is 35.9 Å². The molecule has 0 aliphatic rings. The lowest BCUT2D eigenvalue weighted by molar-refractivity contribution is 0.152. The van der Waals surface area contributed by atoms with E-state index in [9.17, 15) is 0 Å². The Morgan fingerprint density at radius 2 is 2.00 bits per heavy atom. The minimum Gasteiger partial charge on any atom is -0.379 e. The van der Waals surface area contributed by atoms with Gasteiger partial charge in [-0.1, -0.05) is 46.3 Å². The second kappa shape index (κ2) is 6.41. The minimum absolute atomic E-state index is 0.261. The van der Waals surface area contributed by atoms with Gasteiger partial charge in [-0.25, -0.2) is 0 Å². The largest absolute Gasteiger partial charge is 0.379 e. The summed E-state index contributed by atoms with van der Waals surface area (Å²) in [5.74, 6) is 0.550. The molecule has 1 aromatic rings. The first kappa shape index (κ1) is 11.0. The van der Waals surface area contributed by atoms with Crippen LogP contribution in [-0.4, -0.2) is 19.1 Å². The Morgan fingerprint density at radius 3 is 2.62 bits per heavy atom. The molecular weight excluding hydrogens is 251 g/mol. The van der Waals surface area contributed by atoms with E-state index in [1.165, 1.54) is 5.56 Å². The second-order valence-corrected chi connectivity index (χ2v) is 4.13. The summed E-state index contributed by atoms with van der Waals surface area (Å²) in [7, 11) is 0. The van der Waals surface area contributed by atoms with Gasteiger partial charge in [-0.15, -0.1) is 11.6 Å². The van der Waals surface area contributed by atoms with Crippen molar-refractivity contribution in [1.29, 1.82) is 0 Å². The summed E-state index contributed by atoms with van der Waals surface area (Å²) in [6.45, 7) is 1.27. The van der Waals surface area contributed by atoms with Crippen molar-refractivity contribution in [3.63, 3.8) is 0 Å². The molecule has 0 aliphatic carbocycles. The zero-order valence-corrected chi connectivity index (χ0v) is 9.59. The van der Waals surface area contributed by atoms with E-state index in [0.717, 1.165) is 0 Å². The lowest BCUT2D eigenvalue weighted by Gasteiger charge is -2.09. The molecule has 1 rings (SSSR count). The van der Waals surface area contributed by atoms with Gasteiger partial charge in [-0.05, 0) is 5.56 Å². The molecular formula is C10H12BrClO. The predicted molar refractivity (Wildman–Crippen MR) is 59.6 cm³/mol. The van der Waals surface area contributed by atoms with Gasteiger partial charge in [0.05, 0.1) is 18.0 Å². The monoisotopic (exact) mass is 262 g/mol. The molecule has 0 bridgehead atoms. The molecule has 13 heavy (non-hydrogen) atoms. The quantitative estimate of drug-likeness (QED) is 0.584. The van der Waals surface area contributed by atoms with Crippen molar-refractivity contribution < 1.29 is 4.74 Å². The smallest absolute Gasteiger partial charge is 0.0633 e. The van der Waals surface area contributed by atoms with E-state index in [-0.39, 0.29) is 4.83 Å². The molecule has 3 heteroatoms. The fourth-order valence-corrected chi connectivity index (χ4v) is 1.60. The number of halogens is 2. The van der Waals surface area contributed by atoms with Gasteiger partial charge in [-0.3, -0.25) is 0 Å². The first-order valence-electron chi connectivity index (χ1n) is 4.17. The topological polar surface area (TPSA) is 9.23 Å². The molecule has 1 unspecified atom stereocenters. The van der Waals surface area contributed by atoms with Crippen LogP contribution in [0.2, 0.25) is 0 Å². The number of alkyl halides is 2. The van der Waals surface area contributed by atoms with Gasteiger partial charge in [0.15, 0.2) is 0 Å². The van der Waals surface area contributed by atoms with Gasteiger partial charge in [0, 0.05) is 5.88 Å². The maximum Gasteiger partial charge on any atom is 0.0633 e. The van der Waals surface area contributed by atoms with Crippen molar-refractivity contribution in [2.24, 2.45) is 0 Å². The molecule has 0 N–H and O–H groups in total. The average Bonchev–Trinajstić information content (AvgIpc) is 2.19. The summed E-state index contributed by atoms with van der Waals surface area (Å²) in [5.41, 5.74) is 1.23. The van der Waals surface area contributed by atoms with Crippen LogP contribution in [-0.2, 0) is 4.74 Å². The highest BCUT2D eigenvalue weighted by Gasteiger charge is 2.05. The fourth-order valence-electron chi connectivity index (χ4n) is 0.999. The fraction of sp³-hybridized carbons (Fsp3) is 0.400. The van der Waals surface area contributed by atoms with Crippen LogP contribution in [0.3, 0.4) is 0 Å². The van der Waals surface area contributed by atoms with Crippen molar-refractivity contribution >= 4 is 27.5 Å². The number of hydrogen-bond donors (Lipinski definition) is 0. The Balaban J connectivity index is 2.35. The Bertz CT molecular complexity index is 228. The number of ether oxygens (including phenoxy) is 1. The standard InChI is InChI=1S/C10H12BrClO/c11-10(8-13-7-6-12)9-4-2-1-3-5-9/h1-5,10H,6-8H2. The van der Waals surface area contributed by atoms with E-state index < -0.39 is 0 Å². The zero-order chi connectivity index (χ0) is 9.52. The highest BCUT2D eigenvalue weighted by molar-refractivity contribution is 9.09. The van der Waals surface area contributed by atoms with Gasteiger partial charge < -0.3 is 4.74 Å². The molecule has 72 valence electrons. The lowest BCUT2D eigenvalue weighted by atomic mass is 10.2. The van der Waals surface area contributed by atoms with Crippen LogP contribution in [0.25, 0.3) is 0 Å². The van der Waals surface area contributed by atoms with Crippen LogP contribution in [0, 0.1) is 0 Å². The SMILES string of the molecule is ClCCOCC(Br)c1ccccc1. The second-order valence-electron chi connectivity index (χ2n) is 2.64. The molecule has 0 heterocycles. The van der Waals surface area contributed by atoms with Crippen LogP contribution in [0.15, 0.2) is 30.3 Å². The molecule has 0 fully saturated rings. The third-order valence-corrected chi connectivity index (χ3v) is 2.59. The van der Waals surface area contributed by atoms with Crippen LogP contribution in [0.1, 0.15) is 10.4 Å². The normalized spacial score (nSPS) is 12.8. The van der Waals surface area contributed by atoms with Crippen molar-refractivity contribution in [2.45, 2.75) is 4.83 Å². The number of benzene rings is 1. The third-order valence-electron chi connectivity index (χ3n) is 1.65. The average molecular weight is 264 g/mol. The van der Waals surface area contributed by atoms with E-state index in [1.807, 2.05) is 18.2 Å². The van der Waals surface area contributed by atoms with Crippen LogP contribution >= 0.6 is 27.5 Å². The van der Waals surface area contributed by atoms with E-state index >= 15 is 0 Å². The van der Waals surface area contributed by atoms with E-state index in [4.69, 9.17) is 16.3 Å². The maximum absolute atomic E-state index is 5.49. The molecule has 1 aromatic carbocycles. The van der Waals surface area contributed by atoms with Crippen molar-refractivity contribution in [2.75, 3.05) is 19.1 Å². The molecule has 0 amide bonds. The maximum atomic E-state index is 5.49. The highest BCUT2D eigenvalue weighted by atomic mass is 79.9. The van der Waals surface area contributed by atoms with Gasteiger partial charge in [0.25, 0.3) is 0 Å². The Morgan fingerprint density at radius 1 is 1.31 bits per heavy atom. The zero-order valence-electron chi connectivity index (χ0n) is 7.25. The van der Waals surface area contributed by atoms with Crippen LogP contribution in [0.5, 0.6) is 0 Å². The molecule has 0 spiro atoms. The number of rotatable bonds is 5. The number of hydrogen-bond acceptors (Lipinski definition) is 1. The minimum atomic E-state index is 0.261. The van der Waals surface area contributed by atoms with E-state index in [0.29, 0.717) is 19.1 Å². The van der Waals surface area contributed by atoms with Crippen LogP contribution in [0.4, 0.5) is 0 Å². The first-order chi connectivity index (χ1) is 6.34.